The van der Waals surface area contributed by atoms with Crippen LogP contribution in [0.25, 0.3) is 0 Å². The number of hydrogen-bond donors (Lipinski definition) is 2. The number of thioether (sulfide) groups is 1. The number of aromatic nitrogens is 3. The van der Waals surface area contributed by atoms with Crippen LogP contribution in [0.1, 0.15) is 61.7 Å². The van der Waals surface area contributed by atoms with Gasteiger partial charge in [-0.2, -0.15) is 0 Å². The highest BCUT2D eigenvalue weighted by Crippen LogP contribution is 2.27. The van der Waals surface area contributed by atoms with E-state index >= 15 is 0 Å². The molecular weight excluding hydrogens is 464 g/mol. The average Bonchev–Trinajstić information content (AvgIpc) is 3.67. The topological polar surface area (TPSA) is 101 Å². The summed E-state index contributed by atoms with van der Waals surface area (Å²) < 4.78 is 7.98. The number of carbonyl (C=O) groups excluding carboxylic acids is 2. The average molecular weight is 499 g/mol. The summed E-state index contributed by atoms with van der Waals surface area (Å²) in [5, 5.41) is 15.6. The second-order valence-corrected chi connectivity index (χ2v) is 10.5. The van der Waals surface area contributed by atoms with Crippen molar-refractivity contribution in [2.45, 2.75) is 75.2 Å². The SMILES string of the molecule is O=C(CSc1nnc(N2CCCC2)n1C[C@H]1CCCO1)Nc1ccccc1C(=O)NC1CCCC1. The Hall–Kier alpha value is -2.59. The van der Waals surface area contributed by atoms with Gasteiger partial charge in [-0.25, -0.2) is 0 Å². The molecule has 0 unspecified atom stereocenters. The summed E-state index contributed by atoms with van der Waals surface area (Å²) in [5.41, 5.74) is 1.03. The number of anilines is 2. The molecule has 0 radical (unpaired) electrons. The number of nitrogens with one attached hydrogen (secondary N) is 2. The van der Waals surface area contributed by atoms with Crippen LogP contribution < -0.4 is 15.5 Å². The second kappa shape index (κ2) is 11.4. The maximum atomic E-state index is 12.9. The largest absolute Gasteiger partial charge is 0.376 e. The van der Waals surface area contributed by atoms with E-state index in [1.807, 2.05) is 12.1 Å². The number of nitrogens with zero attached hydrogens (tertiary/aromatic N) is 4. The first-order chi connectivity index (χ1) is 17.2. The molecule has 2 aromatic rings. The van der Waals surface area contributed by atoms with Crippen molar-refractivity contribution >= 4 is 35.2 Å². The third-order valence-corrected chi connectivity index (χ3v) is 7.93. The minimum absolute atomic E-state index is 0.132. The number of carbonyl (C=O) groups is 2. The first kappa shape index (κ1) is 24.1. The Kier molecular flexibility index (Phi) is 7.88. The predicted octanol–water partition coefficient (Wildman–Crippen LogP) is 3.46. The van der Waals surface area contributed by atoms with Gasteiger partial charge in [0.2, 0.25) is 11.9 Å². The summed E-state index contributed by atoms with van der Waals surface area (Å²) in [6.07, 6.45) is 8.91. The lowest BCUT2D eigenvalue weighted by Crippen LogP contribution is -2.33. The van der Waals surface area contributed by atoms with Gasteiger partial charge in [-0.3, -0.25) is 14.2 Å². The monoisotopic (exact) mass is 498 g/mol. The summed E-state index contributed by atoms with van der Waals surface area (Å²) in [7, 11) is 0. The molecule has 35 heavy (non-hydrogen) atoms. The highest BCUT2D eigenvalue weighted by Gasteiger charge is 2.26. The first-order valence-electron chi connectivity index (χ1n) is 12.8. The Morgan fingerprint density at radius 3 is 2.60 bits per heavy atom. The van der Waals surface area contributed by atoms with E-state index in [0.29, 0.717) is 17.8 Å². The van der Waals surface area contributed by atoms with Crippen LogP contribution >= 0.6 is 11.8 Å². The molecule has 1 saturated carbocycles. The number of amides is 2. The Morgan fingerprint density at radius 1 is 1.03 bits per heavy atom. The number of ether oxygens (including phenoxy) is 1. The number of para-hydroxylation sites is 1. The fraction of sp³-hybridized carbons (Fsp3) is 0.600. The summed E-state index contributed by atoms with van der Waals surface area (Å²) in [6, 6.07) is 7.41. The normalized spacial score (nSPS) is 20.5. The molecule has 3 aliphatic rings. The number of hydrogen-bond acceptors (Lipinski definition) is 7. The third-order valence-electron chi connectivity index (χ3n) is 6.96. The van der Waals surface area contributed by atoms with Crippen LogP contribution in [0, 0.1) is 0 Å². The number of rotatable bonds is 9. The molecule has 2 amide bonds. The smallest absolute Gasteiger partial charge is 0.253 e. The summed E-state index contributed by atoms with van der Waals surface area (Å²) in [4.78, 5) is 28.0. The van der Waals surface area contributed by atoms with Crippen molar-refractivity contribution in [2.75, 3.05) is 35.7 Å². The molecule has 2 saturated heterocycles. The fourth-order valence-corrected chi connectivity index (χ4v) is 5.87. The first-order valence-corrected chi connectivity index (χ1v) is 13.8. The quantitative estimate of drug-likeness (QED) is 0.511. The third kappa shape index (κ3) is 5.98. The summed E-state index contributed by atoms with van der Waals surface area (Å²) >= 11 is 1.37. The van der Waals surface area contributed by atoms with Crippen molar-refractivity contribution in [2.24, 2.45) is 0 Å². The molecule has 5 rings (SSSR count). The predicted molar refractivity (Wildman–Crippen MR) is 136 cm³/mol. The molecule has 0 bridgehead atoms. The van der Waals surface area contributed by atoms with E-state index in [9.17, 15) is 9.59 Å². The molecule has 3 fully saturated rings. The van der Waals surface area contributed by atoms with Crippen LogP contribution in [-0.4, -0.2) is 64.2 Å². The van der Waals surface area contributed by atoms with Gasteiger partial charge in [0.15, 0.2) is 5.16 Å². The van der Waals surface area contributed by atoms with Gasteiger partial charge in [0.25, 0.3) is 5.91 Å². The van der Waals surface area contributed by atoms with E-state index in [1.54, 1.807) is 12.1 Å². The zero-order valence-electron chi connectivity index (χ0n) is 20.1. The van der Waals surface area contributed by atoms with E-state index in [4.69, 9.17) is 4.74 Å². The van der Waals surface area contributed by atoms with Gasteiger partial charge < -0.3 is 20.3 Å². The summed E-state index contributed by atoms with van der Waals surface area (Å²) in [5.74, 6) is 0.745. The van der Waals surface area contributed by atoms with E-state index in [1.165, 1.54) is 11.8 Å². The fourth-order valence-electron chi connectivity index (χ4n) is 5.13. The van der Waals surface area contributed by atoms with E-state index in [2.05, 4.69) is 30.3 Å². The van der Waals surface area contributed by atoms with Gasteiger partial charge >= 0.3 is 0 Å². The van der Waals surface area contributed by atoms with Crippen molar-refractivity contribution < 1.29 is 14.3 Å². The van der Waals surface area contributed by atoms with Gasteiger partial charge in [-0.1, -0.05) is 36.7 Å². The zero-order valence-corrected chi connectivity index (χ0v) is 20.9. The van der Waals surface area contributed by atoms with Crippen molar-refractivity contribution in [1.82, 2.24) is 20.1 Å². The van der Waals surface area contributed by atoms with Gasteiger partial charge in [0, 0.05) is 25.7 Å². The van der Waals surface area contributed by atoms with Crippen molar-refractivity contribution in [3.8, 4) is 0 Å². The Balaban J connectivity index is 1.23. The zero-order chi connectivity index (χ0) is 24.0. The molecule has 1 atom stereocenters. The molecule has 10 heteroatoms. The molecule has 3 heterocycles. The molecule has 1 aromatic carbocycles. The van der Waals surface area contributed by atoms with E-state index in [-0.39, 0.29) is 29.7 Å². The summed E-state index contributed by atoms with van der Waals surface area (Å²) in [6.45, 7) is 3.46. The van der Waals surface area contributed by atoms with Crippen LogP contribution in [0.2, 0.25) is 0 Å². The lowest BCUT2D eigenvalue weighted by atomic mass is 10.1. The maximum absolute atomic E-state index is 12.9. The molecular formula is C25H34N6O3S. The van der Waals surface area contributed by atoms with Crippen LogP contribution in [0.5, 0.6) is 0 Å². The molecule has 0 spiro atoms. The van der Waals surface area contributed by atoms with Gasteiger partial charge in [0.05, 0.1) is 29.7 Å². The molecule has 2 N–H and O–H groups in total. The molecule has 1 aliphatic carbocycles. The van der Waals surface area contributed by atoms with Crippen LogP contribution in [0.3, 0.4) is 0 Å². The van der Waals surface area contributed by atoms with Crippen LogP contribution in [-0.2, 0) is 16.1 Å². The van der Waals surface area contributed by atoms with Crippen LogP contribution in [0.4, 0.5) is 11.6 Å². The molecule has 188 valence electrons. The van der Waals surface area contributed by atoms with Crippen molar-refractivity contribution in [3.63, 3.8) is 0 Å². The highest BCUT2D eigenvalue weighted by atomic mass is 32.2. The number of benzene rings is 1. The Morgan fingerprint density at radius 2 is 1.83 bits per heavy atom. The standard InChI is InChI=1S/C25H34N6O3S/c32-22(27-21-12-4-3-11-20(21)23(33)26-18-8-1-2-9-18)17-35-25-29-28-24(30-13-5-6-14-30)31(25)16-19-10-7-15-34-19/h3-4,11-12,18-19H,1-2,5-10,13-17H2,(H,26,33)(H,27,32)/t19-/m1/s1. The Bertz CT molecular complexity index is 1030. The van der Waals surface area contributed by atoms with Crippen molar-refractivity contribution in [3.05, 3.63) is 29.8 Å². The minimum atomic E-state index is -0.175. The molecule has 1 aromatic heterocycles. The minimum Gasteiger partial charge on any atom is -0.376 e. The van der Waals surface area contributed by atoms with E-state index in [0.717, 1.165) is 82.2 Å². The molecule has 9 nitrogen and oxygen atoms in total. The van der Waals surface area contributed by atoms with Crippen LogP contribution in [0.15, 0.2) is 29.4 Å². The van der Waals surface area contributed by atoms with Crippen molar-refractivity contribution in [1.29, 1.82) is 0 Å². The lowest BCUT2D eigenvalue weighted by molar-refractivity contribution is -0.113. The maximum Gasteiger partial charge on any atom is 0.253 e. The van der Waals surface area contributed by atoms with Gasteiger partial charge in [-0.15, -0.1) is 10.2 Å². The van der Waals surface area contributed by atoms with Gasteiger partial charge in [-0.05, 0) is 50.7 Å². The Labute approximate surface area is 210 Å². The molecule has 2 aliphatic heterocycles. The lowest BCUT2D eigenvalue weighted by Gasteiger charge is -2.20. The second-order valence-electron chi connectivity index (χ2n) is 9.56. The highest BCUT2D eigenvalue weighted by molar-refractivity contribution is 7.99. The van der Waals surface area contributed by atoms with E-state index < -0.39 is 0 Å². The van der Waals surface area contributed by atoms with Gasteiger partial charge in [0.1, 0.15) is 0 Å².